The van der Waals surface area contributed by atoms with Crippen molar-refractivity contribution >= 4 is 29.0 Å². The number of amides is 1. The number of aromatic nitrogens is 1. The third-order valence-corrected chi connectivity index (χ3v) is 6.52. The van der Waals surface area contributed by atoms with E-state index >= 15 is 0 Å². The summed E-state index contributed by atoms with van der Waals surface area (Å²) >= 11 is 6.08. The van der Waals surface area contributed by atoms with Crippen molar-refractivity contribution in [1.82, 2.24) is 9.47 Å². The van der Waals surface area contributed by atoms with Crippen LogP contribution in [0.1, 0.15) is 34.8 Å². The molecule has 0 N–H and O–H groups in total. The molecule has 2 aromatic carbocycles. The Balaban J connectivity index is 1.59. The van der Waals surface area contributed by atoms with Gasteiger partial charge in [0.1, 0.15) is 0 Å². The third-order valence-electron chi connectivity index (χ3n) is 6.30. The van der Waals surface area contributed by atoms with Crippen LogP contribution in [-0.2, 0) is 11.2 Å². The van der Waals surface area contributed by atoms with Crippen molar-refractivity contribution in [3.05, 3.63) is 110 Å². The van der Waals surface area contributed by atoms with Crippen molar-refractivity contribution < 1.29 is 14.5 Å². The minimum atomic E-state index is -1.51. The molecule has 8 nitrogen and oxygen atoms in total. The van der Waals surface area contributed by atoms with E-state index in [2.05, 4.69) is 12.1 Å². The van der Waals surface area contributed by atoms with E-state index < -0.39 is 28.2 Å². The zero-order valence-electron chi connectivity index (χ0n) is 18.9. The standard InChI is InChI=1S/C26H24ClN3O5/c27-21-9-10-23(31)29(17-21)24(25(32)20-7-4-8-22(16-20)30(34)35)26(33)28-13-11-19(12-14-28)15-18-5-2-1-3-6-18/h1-10,16-17,19,24H,11-15H2/t24-/m1/s1. The van der Waals surface area contributed by atoms with E-state index in [1.54, 1.807) is 4.90 Å². The Morgan fingerprint density at radius 1 is 1.03 bits per heavy atom. The first-order valence-electron chi connectivity index (χ1n) is 11.3. The number of benzene rings is 2. The summed E-state index contributed by atoms with van der Waals surface area (Å²) in [7, 11) is 0. The van der Waals surface area contributed by atoms with Crippen LogP contribution in [0.25, 0.3) is 0 Å². The molecule has 1 aliphatic heterocycles. The summed E-state index contributed by atoms with van der Waals surface area (Å²) in [5.41, 5.74) is 0.373. The van der Waals surface area contributed by atoms with Crippen LogP contribution in [0.4, 0.5) is 5.69 Å². The van der Waals surface area contributed by atoms with Crippen LogP contribution in [0.5, 0.6) is 0 Å². The van der Waals surface area contributed by atoms with Gasteiger partial charge in [-0.25, -0.2) is 0 Å². The van der Waals surface area contributed by atoms with Crippen LogP contribution in [-0.4, -0.2) is 39.2 Å². The largest absolute Gasteiger partial charge is 0.340 e. The van der Waals surface area contributed by atoms with Crippen LogP contribution < -0.4 is 5.56 Å². The maximum atomic E-state index is 13.6. The van der Waals surface area contributed by atoms with E-state index in [-0.39, 0.29) is 16.3 Å². The monoisotopic (exact) mass is 493 g/mol. The summed E-state index contributed by atoms with van der Waals surface area (Å²) in [5.74, 6) is -0.820. The van der Waals surface area contributed by atoms with Crippen LogP contribution in [0.15, 0.2) is 77.7 Å². The highest BCUT2D eigenvalue weighted by atomic mass is 35.5. The van der Waals surface area contributed by atoms with E-state index in [0.29, 0.717) is 19.0 Å². The average Bonchev–Trinajstić information content (AvgIpc) is 2.87. The van der Waals surface area contributed by atoms with E-state index in [9.17, 15) is 24.5 Å². The highest BCUT2D eigenvalue weighted by Gasteiger charge is 2.36. The van der Waals surface area contributed by atoms with Crippen LogP contribution in [0.2, 0.25) is 5.02 Å². The van der Waals surface area contributed by atoms with Crippen LogP contribution in [0.3, 0.4) is 0 Å². The van der Waals surface area contributed by atoms with E-state index in [1.165, 1.54) is 42.1 Å². The molecule has 180 valence electrons. The van der Waals surface area contributed by atoms with Gasteiger partial charge in [-0.1, -0.05) is 54.1 Å². The maximum absolute atomic E-state index is 13.6. The fraction of sp³-hybridized carbons (Fsp3) is 0.269. The lowest BCUT2D eigenvalue weighted by atomic mass is 9.89. The molecule has 0 aliphatic carbocycles. The summed E-state index contributed by atoms with van der Waals surface area (Å²) in [6.07, 6.45) is 3.70. The Morgan fingerprint density at radius 3 is 2.43 bits per heavy atom. The molecule has 1 aliphatic rings. The Morgan fingerprint density at radius 2 is 1.74 bits per heavy atom. The molecule has 3 aromatic rings. The number of likely N-dealkylation sites (tertiary alicyclic amines) is 1. The molecule has 4 rings (SSSR count). The number of carbonyl (C=O) groups is 2. The van der Waals surface area contributed by atoms with Gasteiger partial charge in [0.25, 0.3) is 17.2 Å². The zero-order chi connectivity index (χ0) is 24.9. The van der Waals surface area contributed by atoms with Gasteiger partial charge in [-0.15, -0.1) is 0 Å². The molecular formula is C26H24ClN3O5. The topological polar surface area (TPSA) is 103 Å². The van der Waals surface area contributed by atoms with Crippen molar-refractivity contribution in [3.8, 4) is 0 Å². The van der Waals surface area contributed by atoms with Gasteiger partial charge in [-0.2, -0.15) is 0 Å². The number of carbonyl (C=O) groups excluding carboxylic acids is 2. The molecule has 1 atom stereocenters. The molecule has 1 aromatic heterocycles. The van der Waals surface area contributed by atoms with E-state index in [0.717, 1.165) is 29.9 Å². The van der Waals surface area contributed by atoms with Crippen molar-refractivity contribution in [2.24, 2.45) is 5.92 Å². The number of piperidine rings is 1. The molecule has 0 unspecified atom stereocenters. The van der Waals surface area contributed by atoms with Gasteiger partial charge in [0.15, 0.2) is 11.8 Å². The van der Waals surface area contributed by atoms with E-state index in [1.807, 2.05) is 18.2 Å². The summed E-state index contributed by atoms with van der Waals surface area (Å²) < 4.78 is 1.02. The Labute approximate surface area is 206 Å². The summed E-state index contributed by atoms with van der Waals surface area (Å²) in [6, 6.07) is 16.4. The molecule has 1 amide bonds. The fourth-order valence-electron chi connectivity index (χ4n) is 4.44. The van der Waals surface area contributed by atoms with Crippen LogP contribution >= 0.6 is 11.6 Å². The Hall–Kier alpha value is -3.78. The smallest absolute Gasteiger partial charge is 0.270 e. The van der Waals surface area contributed by atoms with Gasteiger partial charge in [0.05, 0.1) is 9.95 Å². The van der Waals surface area contributed by atoms with Crippen molar-refractivity contribution in [1.29, 1.82) is 0 Å². The number of nitro groups is 1. The summed E-state index contributed by atoms with van der Waals surface area (Å²) in [6.45, 7) is 0.898. The predicted molar refractivity (Wildman–Crippen MR) is 132 cm³/mol. The highest BCUT2D eigenvalue weighted by Crippen LogP contribution is 2.26. The molecule has 0 bridgehead atoms. The van der Waals surface area contributed by atoms with Gasteiger partial charge in [-0.05, 0) is 36.8 Å². The highest BCUT2D eigenvalue weighted by molar-refractivity contribution is 6.30. The zero-order valence-corrected chi connectivity index (χ0v) is 19.6. The number of ketones is 1. The second kappa shape index (κ2) is 10.7. The molecule has 9 heteroatoms. The van der Waals surface area contributed by atoms with Gasteiger partial charge in [0, 0.05) is 43.0 Å². The number of non-ortho nitro benzene ring substituents is 1. The second-order valence-electron chi connectivity index (χ2n) is 8.63. The molecule has 0 radical (unpaired) electrons. The number of rotatable bonds is 7. The molecule has 0 spiro atoms. The minimum Gasteiger partial charge on any atom is -0.340 e. The van der Waals surface area contributed by atoms with Crippen LogP contribution in [0, 0.1) is 16.0 Å². The molecule has 2 heterocycles. The maximum Gasteiger partial charge on any atom is 0.270 e. The van der Waals surface area contributed by atoms with Gasteiger partial charge in [-0.3, -0.25) is 29.1 Å². The molecule has 1 fully saturated rings. The first-order chi connectivity index (χ1) is 16.8. The van der Waals surface area contributed by atoms with Crippen molar-refractivity contribution in [3.63, 3.8) is 0 Å². The molecule has 0 saturated carbocycles. The first-order valence-corrected chi connectivity index (χ1v) is 11.7. The summed E-state index contributed by atoms with van der Waals surface area (Å²) in [5, 5.41) is 11.4. The quantitative estimate of drug-likeness (QED) is 0.211. The van der Waals surface area contributed by atoms with Crippen molar-refractivity contribution in [2.75, 3.05) is 13.1 Å². The first kappa shape index (κ1) is 24.3. The van der Waals surface area contributed by atoms with E-state index in [4.69, 9.17) is 11.6 Å². The lowest BCUT2D eigenvalue weighted by Gasteiger charge is -2.34. The van der Waals surface area contributed by atoms with Gasteiger partial charge in [0.2, 0.25) is 0 Å². The lowest BCUT2D eigenvalue weighted by Crippen LogP contribution is -2.46. The van der Waals surface area contributed by atoms with Gasteiger partial charge >= 0.3 is 0 Å². The minimum absolute atomic E-state index is 0.0246. The molecule has 1 saturated heterocycles. The lowest BCUT2D eigenvalue weighted by molar-refractivity contribution is -0.384. The fourth-order valence-corrected chi connectivity index (χ4v) is 4.61. The SMILES string of the molecule is O=C(c1cccc([N+](=O)[O-])c1)[C@H](C(=O)N1CCC(Cc2ccccc2)CC1)n1cc(Cl)ccc1=O. The second-order valence-corrected chi connectivity index (χ2v) is 9.06. The Bertz CT molecular complexity index is 1300. The summed E-state index contributed by atoms with van der Waals surface area (Å²) in [4.78, 5) is 52.0. The number of Topliss-reactive ketones (excluding diaryl/α,β-unsaturated/α-hetero) is 1. The number of pyridine rings is 1. The number of halogens is 1. The normalized spacial score (nSPS) is 14.9. The number of hydrogen-bond acceptors (Lipinski definition) is 5. The molecule has 35 heavy (non-hydrogen) atoms. The van der Waals surface area contributed by atoms with Gasteiger partial charge < -0.3 is 4.90 Å². The Kier molecular flexibility index (Phi) is 7.41. The number of nitrogens with zero attached hydrogens (tertiary/aromatic N) is 3. The third kappa shape index (κ3) is 5.66. The van der Waals surface area contributed by atoms with Crippen molar-refractivity contribution in [2.45, 2.75) is 25.3 Å². The number of hydrogen-bond donors (Lipinski definition) is 0. The predicted octanol–water partition coefficient (Wildman–Crippen LogP) is 4.32. The molecular weight excluding hydrogens is 470 g/mol. The average molecular weight is 494 g/mol. The number of nitro benzene ring substituents is 1.